The molecule has 2 heterocycles. The third-order valence-electron chi connectivity index (χ3n) is 5.61. The van der Waals surface area contributed by atoms with Crippen molar-refractivity contribution in [3.8, 4) is 5.75 Å². The molecule has 0 saturated heterocycles. The van der Waals surface area contributed by atoms with Crippen LogP contribution < -0.4 is 19.6 Å². The Morgan fingerprint density at radius 1 is 1.23 bits per heavy atom. The average Bonchev–Trinajstić information content (AvgIpc) is 3.13. The number of allylic oxidation sites excluding steroid dienone is 1. The Labute approximate surface area is 204 Å². The largest absolute Gasteiger partial charge is 0.490 e. The van der Waals surface area contributed by atoms with Gasteiger partial charge >= 0.3 is 11.7 Å². The molecule has 0 amide bonds. The van der Waals surface area contributed by atoms with Gasteiger partial charge in [-0.25, -0.2) is 9.79 Å². The zero-order valence-corrected chi connectivity index (χ0v) is 20.4. The van der Waals surface area contributed by atoms with Crippen LogP contribution >= 0.6 is 11.3 Å². The van der Waals surface area contributed by atoms with Crippen LogP contribution in [0, 0.1) is 17.0 Å². The molecule has 1 atom stereocenters. The molecule has 180 valence electrons. The first-order chi connectivity index (χ1) is 16.7. The van der Waals surface area contributed by atoms with Crippen LogP contribution in [0.1, 0.15) is 36.6 Å². The standard InChI is InChI=1S/C25H23N3O6S/c1-5-34-24(30)21-15(3)26-25-27(22(21)17-9-6-14(2)7-10-17)23(29)20(35-25)13-16-8-11-19(33-4)18(12-16)28(31)32/h6-13,22H,5H2,1-4H3. The number of nitro benzene ring substituents is 1. The number of carbonyl (C=O) groups is 1. The molecule has 0 aliphatic carbocycles. The lowest BCUT2D eigenvalue weighted by atomic mass is 9.95. The third-order valence-corrected chi connectivity index (χ3v) is 6.59. The van der Waals surface area contributed by atoms with Gasteiger partial charge in [-0.15, -0.1) is 0 Å². The zero-order chi connectivity index (χ0) is 25.3. The van der Waals surface area contributed by atoms with E-state index in [9.17, 15) is 19.7 Å². The van der Waals surface area contributed by atoms with Gasteiger partial charge in [0, 0.05) is 6.07 Å². The predicted molar refractivity (Wildman–Crippen MR) is 131 cm³/mol. The van der Waals surface area contributed by atoms with Crippen LogP contribution in [-0.2, 0) is 9.53 Å². The molecule has 10 heteroatoms. The van der Waals surface area contributed by atoms with Crippen molar-refractivity contribution in [3.63, 3.8) is 0 Å². The van der Waals surface area contributed by atoms with E-state index in [1.807, 2.05) is 31.2 Å². The molecule has 1 aliphatic rings. The Hall–Kier alpha value is -4.05. The molecule has 0 fully saturated rings. The van der Waals surface area contributed by atoms with Gasteiger partial charge in [0.25, 0.3) is 5.56 Å². The maximum atomic E-state index is 13.6. The van der Waals surface area contributed by atoms with Crippen LogP contribution in [-0.4, -0.2) is 29.2 Å². The van der Waals surface area contributed by atoms with Crippen molar-refractivity contribution in [1.82, 2.24) is 4.57 Å². The summed E-state index contributed by atoms with van der Waals surface area (Å²) in [6.45, 7) is 5.59. The van der Waals surface area contributed by atoms with Crippen LogP contribution in [0.5, 0.6) is 5.75 Å². The lowest BCUT2D eigenvalue weighted by molar-refractivity contribution is -0.385. The average molecular weight is 494 g/mol. The minimum absolute atomic E-state index is 0.127. The van der Waals surface area contributed by atoms with E-state index in [0.29, 0.717) is 26.2 Å². The van der Waals surface area contributed by atoms with E-state index in [1.165, 1.54) is 23.8 Å². The predicted octanol–water partition coefficient (Wildman–Crippen LogP) is 3.02. The summed E-state index contributed by atoms with van der Waals surface area (Å²) in [5.74, 6) is -0.401. The minimum atomic E-state index is -0.710. The van der Waals surface area contributed by atoms with E-state index in [2.05, 4.69) is 4.99 Å². The van der Waals surface area contributed by atoms with Gasteiger partial charge in [-0.2, -0.15) is 0 Å². The van der Waals surface area contributed by atoms with Gasteiger partial charge in [0.05, 0.1) is 40.5 Å². The van der Waals surface area contributed by atoms with Crippen LogP contribution in [0.2, 0.25) is 0 Å². The van der Waals surface area contributed by atoms with Crippen molar-refractivity contribution in [2.45, 2.75) is 26.8 Å². The number of hydrogen-bond donors (Lipinski definition) is 0. The van der Waals surface area contributed by atoms with Crippen molar-refractivity contribution >= 4 is 29.1 Å². The van der Waals surface area contributed by atoms with Crippen molar-refractivity contribution in [1.29, 1.82) is 0 Å². The molecule has 0 spiro atoms. The topological polar surface area (TPSA) is 113 Å². The molecule has 2 aromatic carbocycles. The van der Waals surface area contributed by atoms with Gasteiger partial charge in [0.1, 0.15) is 0 Å². The van der Waals surface area contributed by atoms with E-state index in [4.69, 9.17) is 9.47 Å². The number of aromatic nitrogens is 1. The number of rotatable bonds is 6. The number of ether oxygens (including phenoxy) is 2. The smallest absolute Gasteiger partial charge is 0.338 e. The number of fused-ring (bicyclic) bond motifs is 1. The maximum absolute atomic E-state index is 13.6. The number of hydrogen-bond acceptors (Lipinski definition) is 8. The molecule has 0 radical (unpaired) electrons. The number of carbonyl (C=O) groups excluding carboxylic acids is 1. The maximum Gasteiger partial charge on any atom is 0.338 e. The number of esters is 1. The number of benzene rings is 2. The third kappa shape index (κ3) is 4.52. The number of thiazole rings is 1. The van der Waals surface area contributed by atoms with E-state index >= 15 is 0 Å². The summed E-state index contributed by atoms with van der Waals surface area (Å²) < 4.78 is 12.2. The van der Waals surface area contributed by atoms with Crippen LogP contribution in [0.25, 0.3) is 6.08 Å². The van der Waals surface area contributed by atoms with Gasteiger partial charge in [0.2, 0.25) is 0 Å². The number of nitro groups is 1. The Bertz CT molecular complexity index is 1530. The summed E-state index contributed by atoms with van der Waals surface area (Å²) in [5, 5.41) is 11.4. The lowest BCUT2D eigenvalue weighted by Crippen LogP contribution is -2.39. The minimum Gasteiger partial charge on any atom is -0.490 e. The fourth-order valence-corrected chi connectivity index (χ4v) is 4.99. The molecule has 0 N–H and O–H groups in total. The summed E-state index contributed by atoms with van der Waals surface area (Å²) in [6.07, 6.45) is 1.58. The summed E-state index contributed by atoms with van der Waals surface area (Å²) in [7, 11) is 1.36. The monoisotopic (exact) mass is 493 g/mol. The summed E-state index contributed by atoms with van der Waals surface area (Å²) in [4.78, 5) is 42.3. The highest BCUT2D eigenvalue weighted by atomic mass is 32.1. The van der Waals surface area contributed by atoms with Crippen LogP contribution in [0.4, 0.5) is 5.69 Å². The fourth-order valence-electron chi connectivity index (χ4n) is 3.95. The number of methoxy groups -OCH3 is 1. The SMILES string of the molecule is CCOC(=O)C1=C(C)N=c2sc(=Cc3ccc(OC)c([N+](=O)[O-])c3)c(=O)n2C1c1ccc(C)cc1. The van der Waals surface area contributed by atoms with Crippen molar-refractivity contribution < 1.29 is 19.2 Å². The molecule has 1 aliphatic heterocycles. The van der Waals surface area contributed by atoms with E-state index in [1.54, 1.807) is 26.0 Å². The van der Waals surface area contributed by atoms with Gasteiger partial charge in [-0.05, 0) is 44.0 Å². The first-order valence-electron chi connectivity index (χ1n) is 10.8. The van der Waals surface area contributed by atoms with Gasteiger partial charge < -0.3 is 9.47 Å². The second-order valence-electron chi connectivity index (χ2n) is 7.90. The molecule has 0 saturated carbocycles. The molecule has 0 bridgehead atoms. The van der Waals surface area contributed by atoms with Crippen molar-refractivity contribution in [3.05, 3.63) is 100 Å². The van der Waals surface area contributed by atoms with Gasteiger partial charge in [-0.3, -0.25) is 19.5 Å². The van der Waals surface area contributed by atoms with Crippen molar-refractivity contribution in [2.24, 2.45) is 4.99 Å². The van der Waals surface area contributed by atoms with Crippen LogP contribution in [0.3, 0.4) is 0 Å². The Morgan fingerprint density at radius 3 is 2.57 bits per heavy atom. The lowest BCUT2D eigenvalue weighted by Gasteiger charge is -2.24. The van der Waals surface area contributed by atoms with Gasteiger partial charge in [0.15, 0.2) is 10.6 Å². The quantitative estimate of drug-likeness (QED) is 0.296. The summed E-state index contributed by atoms with van der Waals surface area (Å²) >= 11 is 1.15. The normalized spacial score (nSPS) is 15.4. The Morgan fingerprint density at radius 2 is 1.94 bits per heavy atom. The van der Waals surface area contributed by atoms with E-state index < -0.39 is 16.9 Å². The first-order valence-corrected chi connectivity index (χ1v) is 11.7. The number of nitrogens with zero attached hydrogens (tertiary/aromatic N) is 3. The van der Waals surface area contributed by atoms with E-state index in [0.717, 1.165) is 22.5 Å². The summed E-state index contributed by atoms with van der Waals surface area (Å²) in [5.41, 5.74) is 2.48. The second kappa shape index (κ2) is 9.67. The highest BCUT2D eigenvalue weighted by Gasteiger charge is 2.33. The first kappa shape index (κ1) is 24.1. The molecule has 4 rings (SSSR count). The zero-order valence-electron chi connectivity index (χ0n) is 19.6. The molecule has 35 heavy (non-hydrogen) atoms. The Balaban J connectivity index is 1.93. The van der Waals surface area contributed by atoms with Crippen molar-refractivity contribution in [2.75, 3.05) is 13.7 Å². The molecule has 1 unspecified atom stereocenters. The highest BCUT2D eigenvalue weighted by molar-refractivity contribution is 7.07. The second-order valence-corrected chi connectivity index (χ2v) is 8.91. The molecule has 3 aromatic rings. The van der Waals surface area contributed by atoms with Gasteiger partial charge in [-0.1, -0.05) is 47.2 Å². The highest BCUT2D eigenvalue weighted by Crippen LogP contribution is 2.31. The molecule has 1 aromatic heterocycles. The summed E-state index contributed by atoms with van der Waals surface area (Å²) in [6, 6.07) is 11.3. The molecular weight excluding hydrogens is 470 g/mol. The molecular formula is C25H23N3O6S. The van der Waals surface area contributed by atoms with Crippen LogP contribution in [0.15, 0.2) is 63.5 Å². The fraction of sp³-hybridized carbons (Fsp3) is 0.240. The molecule has 9 nitrogen and oxygen atoms in total. The number of aryl methyl sites for hydroxylation is 1. The van der Waals surface area contributed by atoms with E-state index in [-0.39, 0.29) is 23.6 Å². The Kier molecular flexibility index (Phi) is 6.65.